The first-order valence-corrected chi connectivity index (χ1v) is 8.24. The molecule has 20 heavy (non-hydrogen) atoms. The van der Waals surface area contributed by atoms with E-state index < -0.39 is 15.1 Å². The number of sulfone groups is 1. The molecule has 1 saturated carbocycles. The topological polar surface area (TPSA) is 60.2 Å². The summed E-state index contributed by atoms with van der Waals surface area (Å²) in [7, 11) is -3.41. The molecular formula is C15H14ClNO2S. The third-order valence-electron chi connectivity index (χ3n) is 3.69. The van der Waals surface area contributed by atoms with Gasteiger partial charge in [0, 0.05) is 17.0 Å². The molecule has 0 saturated heterocycles. The van der Waals surface area contributed by atoms with Gasteiger partial charge >= 0.3 is 0 Å². The van der Waals surface area contributed by atoms with Gasteiger partial charge in [0.2, 0.25) is 0 Å². The van der Waals surface area contributed by atoms with Crippen LogP contribution in [0.15, 0.2) is 59.5 Å². The molecule has 3 atom stereocenters. The molecule has 0 bridgehead atoms. The Kier molecular flexibility index (Phi) is 3.32. The summed E-state index contributed by atoms with van der Waals surface area (Å²) in [5.74, 6) is -0.128. The summed E-state index contributed by atoms with van der Waals surface area (Å²) in [6, 6.07) is 15.4. The van der Waals surface area contributed by atoms with Gasteiger partial charge in [-0.25, -0.2) is 8.42 Å². The highest BCUT2D eigenvalue weighted by molar-refractivity contribution is 7.92. The molecule has 0 unspecified atom stereocenters. The molecule has 2 aromatic rings. The van der Waals surface area contributed by atoms with E-state index in [0.29, 0.717) is 5.02 Å². The quantitative estimate of drug-likeness (QED) is 0.948. The van der Waals surface area contributed by atoms with E-state index >= 15 is 0 Å². The highest BCUT2D eigenvalue weighted by Gasteiger charge is 2.56. The number of nitrogens with two attached hydrogens (primary N) is 1. The first kappa shape index (κ1) is 13.6. The summed E-state index contributed by atoms with van der Waals surface area (Å²) in [5, 5.41) is -0.0327. The van der Waals surface area contributed by atoms with Crippen LogP contribution in [-0.4, -0.2) is 19.7 Å². The lowest BCUT2D eigenvalue weighted by atomic mass is 10.1. The van der Waals surface area contributed by atoms with Crippen molar-refractivity contribution in [3.8, 4) is 0 Å². The smallest absolute Gasteiger partial charge is 0.183 e. The standard InChI is InChI=1S/C15H14ClNO2S/c16-11-6-8-12(9-7-11)20(18,19)15-13(14(15)17)10-4-2-1-3-5-10/h1-9,13-15H,17H2/t13-,14+,15-/m0/s1. The Bertz CT molecular complexity index is 713. The van der Waals surface area contributed by atoms with Crippen LogP contribution in [-0.2, 0) is 9.84 Å². The van der Waals surface area contributed by atoms with Crippen molar-refractivity contribution < 1.29 is 8.42 Å². The van der Waals surface area contributed by atoms with E-state index in [-0.39, 0.29) is 16.9 Å². The lowest BCUT2D eigenvalue weighted by Crippen LogP contribution is -2.15. The van der Waals surface area contributed by atoms with Crippen LogP contribution < -0.4 is 5.73 Å². The maximum Gasteiger partial charge on any atom is 0.183 e. The van der Waals surface area contributed by atoms with Gasteiger partial charge in [-0.15, -0.1) is 0 Å². The number of hydrogen-bond acceptors (Lipinski definition) is 3. The van der Waals surface area contributed by atoms with Crippen LogP contribution in [0, 0.1) is 0 Å². The molecule has 0 radical (unpaired) electrons. The van der Waals surface area contributed by atoms with Crippen LogP contribution in [0.25, 0.3) is 0 Å². The summed E-state index contributed by atoms with van der Waals surface area (Å²) < 4.78 is 25.2. The van der Waals surface area contributed by atoms with Gasteiger partial charge in [-0.2, -0.15) is 0 Å². The van der Waals surface area contributed by atoms with E-state index in [1.807, 2.05) is 30.3 Å². The maximum atomic E-state index is 12.6. The monoisotopic (exact) mass is 307 g/mol. The minimum absolute atomic E-state index is 0.128. The van der Waals surface area contributed by atoms with Gasteiger partial charge < -0.3 is 5.73 Å². The Hall–Kier alpha value is -1.36. The first-order chi connectivity index (χ1) is 9.51. The van der Waals surface area contributed by atoms with Gasteiger partial charge in [0.15, 0.2) is 9.84 Å². The summed E-state index contributed by atoms with van der Waals surface area (Å²) in [4.78, 5) is 0.279. The SMILES string of the molecule is N[C@@H]1[C@H](c2ccccc2)[C@@H]1S(=O)(=O)c1ccc(Cl)cc1. The van der Waals surface area contributed by atoms with Gasteiger partial charge in [-0.3, -0.25) is 0 Å². The molecule has 1 fully saturated rings. The number of rotatable bonds is 3. The van der Waals surface area contributed by atoms with E-state index in [2.05, 4.69) is 0 Å². The largest absolute Gasteiger partial charge is 0.326 e. The number of hydrogen-bond donors (Lipinski definition) is 1. The number of benzene rings is 2. The lowest BCUT2D eigenvalue weighted by Gasteiger charge is -2.04. The molecule has 0 spiro atoms. The normalized spacial score (nSPS) is 25.4. The highest BCUT2D eigenvalue weighted by Crippen LogP contribution is 2.46. The summed E-state index contributed by atoms with van der Waals surface area (Å²) >= 11 is 5.79. The zero-order chi connectivity index (χ0) is 14.3. The van der Waals surface area contributed by atoms with E-state index in [4.69, 9.17) is 17.3 Å². The van der Waals surface area contributed by atoms with Crippen LogP contribution in [0.3, 0.4) is 0 Å². The lowest BCUT2D eigenvalue weighted by molar-refractivity contribution is 0.593. The van der Waals surface area contributed by atoms with E-state index in [0.717, 1.165) is 5.56 Å². The molecule has 5 heteroatoms. The summed E-state index contributed by atoms with van der Waals surface area (Å²) in [6.07, 6.45) is 0. The van der Waals surface area contributed by atoms with E-state index in [1.165, 1.54) is 12.1 Å². The minimum atomic E-state index is -3.41. The zero-order valence-electron chi connectivity index (χ0n) is 10.6. The Balaban J connectivity index is 1.92. The highest BCUT2D eigenvalue weighted by atomic mass is 35.5. The first-order valence-electron chi connectivity index (χ1n) is 6.32. The van der Waals surface area contributed by atoms with Gasteiger partial charge in [0.05, 0.1) is 10.1 Å². The van der Waals surface area contributed by atoms with E-state index in [9.17, 15) is 8.42 Å². The second-order valence-electron chi connectivity index (χ2n) is 4.98. The molecule has 3 rings (SSSR count). The van der Waals surface area contributed by atoms with Crippen molar-refractivity contribution >= 4 is 21.4 Å². The van der Waals surface area contributed by atoms with Crippen molar-refractivity contribution in [3.05, 3.63) is 65.2 Å². The predicted molar refractivity (Wildman–Crippen MR) is 79.6 cm³/mol. The second-order valence-corrected chi connectivity index (χ2v) is 7.52. The third-order valence-corrected chi connectivity index (χ3v) is 6.20. The molecule has 2 aromatic carbocycles. The van der Waals surface area contributed by atoms with Crippen molar-refractivity contribution in [2.24, 2.45) is 5.73 Å². The third kappa shape index (κ3) is 2.24. The molecule has 1 aliphatic rings. The molecule has 0 heterocycles. The summed E-state index contributed by atoms with van der Waals surface area (Å²) in [6.45, 7) is 0. The van der Waals surface area contributed by atoms with Crippen molar-refractivity contribution in [1.29, 1.82) is 0 Å². The molecule has 3 nitrogen and oxygen atoms in total. The van der Waals surface area contributed by atoms with Crippen LogP contribution in [0.5, 0.6) is 0 Å². The average Bonchev–Trinajstić information content (AvgIpc) is 3.13. The average molecular weight is 308 g/mol. The summed E-state index contributed by atoms with van der Waals surface area (Å²) in [5.41, 5.74) is 6.97. The predicted octanol–water partition coefficient (Wildman–Crippen LogP) is 2.61. The van der Waals surface area contributed by atoms with Crippen molar-refractivity contribution in [1.82, 2.24) is 0 Å². The van der Waals surface area contributed by atoms with Gasteiger partial charge in [0.1, 0.15) is 0 Å². The Morgan fingerprint density at radius 3 is 2.15 bits per heavy atom. The molecule has 2 N–H and O–H groups in total. The molecule has 104 valence electrons. The van der Waals surface area contributed by atoms with Crippen molar-refractivity contribution in [2.45, 2.75) is 22.1 Å². The van der Waals surface area contributed by atoms with Gasteiger partial charge in [0.25, 0.3) is 0 Å². The van der Waals surface area contributed by atoms with Crippen LogP contribution >= 0.6 is 11.6 Å². The molecule has 0 aromatic heterocycles. The van der Waals surface area contributed by atoms with Crippen LogP contribution in [0.1, 0.15) is 11.5 Å². The van der Waals surface area contributed by atoms with Crippen molar-refractivity contribution in [2.75, 3.05) is 0 Å². The Morgan fingerprint density at radius 2 is 1.55 bits per heavy atom. The van der Waals surface area contributed by atoms with Gasteiger partial charge in [-0.05, 0) is 29.8 Å². The molecule has 1 aliphatic carbocycles. The Morgan fingerprint density at radius 1 is 0.950 bits per heavy atom. The fraction of sp³-hybridized carbons (Fsp3) is 0.200. The second kappa shape index (κ2) is 4.88. The Labute approximate surface area is 123 Å². The number of halogens is 1. The van der Waals surface area contributed by atoms with Crippen molar-refractivity contribution in [3.63, 3.8) is 0 Å². The molecule has 0 aliphatic heterocycles. The molecular weight excluding hydrogens is 294 g/mol. The van der Waals surface area contributed by atoms with Crippen LogP contribution in [0.4, 0.5) is 0 Å². The fourth-order valence-electron chi connectivity index (χ4n) is 2.57. The van der Waals surface area contributed by atoms with E-state index in [1.54, 1.807) is 12.1 Å². The zero-order valence-corrected chi connectivity index (χ0v) is 12.2. The molecule has 0 amide bonds. The minimum Gasteiger partial charge on any atom is -0.326 e. The van der Waals surface area contributed by atoms with Crippen LogP contribution in [0.2, 0.25) is 5.02 Å². The fourth-order valence-corrected chi connectivity index (χ4v) is 4.75. The van der Waals surface area contributed by atoms with Gasteiger partial charge in [-0.1, -0.05) is 41.9 Å². The maximum absolute atomic E-state index is 12.6.